The zero-order valence-corrected chi connectivity index (χ0v) is 18.4. The van der Waals surface area contributed by atoms with Crippen LogP contribution in [0.25, 0.3) is 11.3 Å². The van der Waals surface area contributed by atoms with Crippen molar-refractivity contribution in [2.24, 2.45) is 0 Å². The lowest BCUT2D eigenvalue weighted by atomic mass is 10.1. The lowest BCUT2D eigenvalue weighted by Gasteiger charge is -2.23. The van der Waals surface area contributed by atoms with Crippen molar-refractivity contribution in [1.82, 2.24) is 9.29 Å². The zero-order chi connectivity index (χ0) is 22.0. The van der Waals surface area contributed by atoms with Crippen LogP contribution in [0.2, 0.25) is 0 Å². The Bertz CT molecular complexity index is 1240. The summed E-state index contributed by atoms with van der Waals surface area (Å²) in [6.07, 6.45) is 1.09. The van der Waals surface area contributed by atoms with E-state index in [0.29, 0.717) is 35.8 Å². The van der Waals surface area contributed by atoms with Crippen molar-refractivity contribution in [1.29, 1.82) is 5.26 Å². The fourth-order valence-electron chi connectivity index (χ4n) is 3.50. The number of nitrogens with zero attached hydrogens (tertiary/aromatic N) is 3. The van der Waals surface area contributed by atoms with Crippen LogP contribution in [-0.2, 0) is 14.8 Å². The summed E-state index contributed by atoms with van der Waals surface area (Å²) in [6.45, 7) is 2.20. The van der Waals surface area contributed by atoms with Gasteiger partial charge in [-0.05, 0) is 44.0 Å². The number of thiazole rings is 1. The molecular formula is C22H20N4O3S2. The molecule has 4 rings (SSSR count). The number of carbonyl (C=O) groups is 1. The van der Waals surface area contributed by atoms with Gasteiger partial charge < -0.3 is 5.32 Å². The highest BCUT2D eigenvalue weighted by atomic mass is 32.2. The second-order valence-corrected chi connectivity index (χ2v) is 10.1. The number of rotatable bonds is 5. The average molecular weight is 453 g/mol. The van der Waals surface area contributed by atoms with E-state index in [0.717, 1.165) is 11.1 Å². The van der Waals surface area contributed by atoms with Gasteiger partial charge in [-0.2, -0.15) is 9.57 Å². The van der Waals surface area contributed by atoms with Crippen LogP contribution >= 0.6 is 11.3 Å². The Morgan fingerprint density at radius 2 is 1.90 bits per heavy atom. The number of amides is 1. The SMILES string of the molecule is Cc1ccc(S(=O)(=O)N2CCCC2C(=O)Nc2nc(-c3ccc(C#N)cc3)cs2)cc1. The topological polar surface area (TPSA) is 103 Å². The average Bonchev–Trinajstić information content (AvgIpc) is 3.44. The summed E-state index contributed by atoms with van der Waals surface area (Å²) >= 11 is 1.27. The Morgan fingerprint density at radius 3 is 2.58 bits per heavy atom. The van der Waals surface area contributed by atoms with Crippen molar-refractivity contribution >= 4 is 32.4 Å². The van der Waals surface area contributed by atoms with Gasteiger partial charge in [0.1, 0.15) is 6.04 Å². The fraction of sp³-hybridized carbons (Fsp3) is 0.227. The Morgan fingerprint density at radius 1 is 1.19 bits per heavy atom. The van der Waals surface area contributed by atoms with Gasteiger partial charge in [0.05, 0.1) is 22.2 Å². The summed E-state index contributed by atoms with van der Waals surface area (Å²) in [6, 6.07) is 15.0. The lowest BCUT2D eigenvalue weighted by Crippen LogP contribution is -2.43. The van der Waals surface area contributed by atoms with Crippen LogP contribution in [0, 0.1) is 18.3 Å². The van der Waals surface area contributed by atoms with E-state index in [1.165, 1.54) is 15.6 Å². The number of aryl methyl sites for hydroxylation is 1. The number of hydrogen-bond acceptors (Lipinski definition) is 6. The molecule has 2 aromatic carbocycles. The van der Waals surface area contributed by atoms with Crippen molar-refractivity contribution in [2.75, 3.05) is 11.9 Å². The molecule has 1 aliphatic heterocycles. The van der Waals surface area contributed by atoms with Gasteiger partial charge in [0.25, 0.3) is 0 Å². The molecule has 0 radical (unpaired) electrons. The highest BCUT2D eigenvalue weighted by Crippen LogP contribution is 2.29. The van der Waals surface area contributed by atoms with E-state index < -0.39 is 16.1 Å². The Labute approximate surface area is 185 Å². The molecule has 0 spiro atoms. The molecule has 1 aromatic heterocycles. The molecule has 0 aliphatic carbocycles. The van der Waals surface area contributed by atoms with E-state index >= 15 is 0 Å². The van der Waals surface area contributed by atoms with Crippen LogP contribution in [-0.4, -0.2) is 36.2 Å². The maximum Gasteiger partial charge on any atom is 0.244 e. The molecule has 1 unspecified atom stereocenters. The molecule has 158 valence electrons. The normalized spacial score (nSPS) is 16.7. The number of benzene rings is 2. The maximum absolute atomic E-state index is 13.1. The van der Waals surface area contributed by atoms with E-state index in [-0.39, 0.29) is 10.8 Å². The highest BCUT2D eigenvalue weighted by molar-refractivity contribution is 7.89. The van der Waals surface area contributed by atoms with E-state index in [1.807, 2.05) is 12.3 Å². The molecule has 1 saturated heterocycles. The van der Waals surface area contributed by atoms with Gasteiger partial charge in [-0.1, -0.05) is 29.8 Å². The van der Waals surface area contributed by atoms with Crippen molar-refractivity contribution in [2.45, 2.75) is 30.7 Å². The Kier molecular flexibility index (Phi) is 5.87. The first-order chi connectivity index (χ1) is 14.9. The second-order valence-electron chi connectivity index (χ2n) is 7.30. The van der Waals surface area contributed by atoms with Gasteiger partial charge in [-0.25, -0.2) is 13.4 Å². The van der Waals surface area contributed by atoms with Crippen LogP contribution in [0.15, 0.2) is 58.8 Å². The summed E-state index contributed by atoms with van der Waals surface area (Å²) in [5.74, 6) is -0.381. The van der Waals surface area contributed by atoms with Gasteiger partial charge >= 0.3 is 0 Å². The standard InChI is InChI=1S/C22H20N4O3S2/c1-15-4-10-18(11-5-15)31(28,29)26-12-2-3-20(26)21(27)25-22-24-19(14-30-22)17-8-6-16(13-23)7-9-17/h4-11,14,20H,2-3,12H2,1H3,(H,24,25,27). The molecule has 1 N–H and O–H groups in total. The molecule has 1 atom stereocenters. The number of hydrogen-bond donors (Lipinski definition) is 1. The first-order valence-corrected chi connectivity index (χ1v) is 12.1. The first-order valence-electron chi connectivity index (χ1n) is 9.74. The fourth-order valence-corrected chi connectivity index (χ4v) is 5.88. The number of carbonyl (C=O) groups excluding carboxylic acids is 1. The molecule has 1 aliphatic rings. The number of sulfonamides is 1. The van der Waals surface area contributed by atoms with Crippen LogP contribution in [0.4, 0.5) is 5.13 Å². The quantitative estimate of drug-likeness (QED) is 0.634. The molecule has 0 saturated carbocycles. The molecule has 1 amide bonds. The summed E-state index contributed by atoms with van der Waals surface area (Å²) < 4.78 is 27.4. The van der Waals surface area contributed by atoms with E-state index in [4.69, 9.17) is 5.26 Å². The summed E-state index contributed by atoms with van der Waals surface area (Å²) in [5, 5.41) is 13.9. The van der Waals surface area contributed by atoms with Gasteiger partial charge in [0.15, 0.2) is 5.13 Å². The third-order valence-corrected chi connectivity index (χ3v) is 7.86. The van der Waals surface area contributed by atoms with Gasteiger partial charge in [-0.15, -0.1) is 11.3 Å². The summed E-state index contributed by atoms with van der Waals surface area (Å²) in [4.78, 5) is 17.5. The zero-order valence-electron chi connectivity index (χ0n) is 16.8. The van der Waals surface area contributed by atoms with Gasteiger partial charge in [0.2, 0.25) is 15.9 Å². The number of aromatic nitrogens is 1. The lowest BCUT2D eigenvalue weighted by molar-refractivity contribution is -0.119. The Hall–Kier alpha value is -3.06. The van der Waals surface area contributed by atoms with Crippen molar-refractivity contribution in [3.8, 4) is 17.3 Å². The van der Waals surface area contributed by atoms with Gasteiger partial charge in [0, 0.05) is 17.5 Å². The van der Waals surface area contributed by atoms with Crippen LogP contribution in [0.5, 0.6) is 0 Å². The minimum absolute atomic E-state index is 0.190. The minimum Gasteiger partial charge on any atom is -0.301 e. The molecule has 2 heterocycles. The van der Waals surface area contributed by atoms with Crippen LogP contribution < -0.4 is 5.32 Å². The predicted octanol–water partition coefficient (Wildman–Crippen LogP) is 3.78. The molecule has 7 nitrogen and oxygen atoms in total. The molecule has 3 aromatic rings. The van der Waals surface area contributed by atoms with Crippen molar-refractivity contribution < 1.29 is 13.2 Å². The van der Waals surface area contributed by atoms with Crippen LogP contribution in [0.1, 0.15) is 24.0 Å². The van der Waals surface area contributed by atoms with E-state index in [1.54, 1.807) is 48.5 Å². The first kappa shape index (κ1) is 21.2. The van der Waals surface area contributed by atoms with Crippen LogP contribution in [0.3, 0.4) is 0 Å². The minimum atomic E-state index is -3.76. The van der Waals surface area contributed by atoms with E-state index in [2.05, 4.69) is 16.4 Å². The summed E-state index contributed by atoms with van der Waals surface area (Å²) in [5.41, 5.74) is 3.04. The second kappa shape index (κ2) is 8.59. The van der Waals surface area contributed by atoms with Crippen molar-refractivity contribution in [3.05, 3.63) is 65.0 Å². The largest absolute Gasteiger partial charge is 0.301 e. The molecule has 9 heteroatoms. The molecular weight excluding hydrogens is 432 g/mol. The molecule has 0 bridgehead atoms. The predicted molar refractivity (Wildman–Crippen MR) is 119 cm³/mol. The molecule has 31 heavy (non-hydrogen) atoms. The number of nitriles is 1. The smallest absolute Gasteiger partial charge is 0.244 e. The monoisotopic (exact) mass is 452 g/mol. The highest BCUT2D eigenvalue weighted by Gasteiger charge is 2.39. The van der Waals surface area contributed by atoms with E-state index in [9.17, 15) is 13.2 Å². The maximum atomic E-state index is 13.1. The number of nitrogens with one attached hydrogen (secondary N) is 1. The molecule has 1 fully saturated rings. The Balaban J connectivity index is 1.50. The van der Waals surface area contributed by atoms with Gasteiger partial charge in [-0.3, -0.25) is 4.79 Å². The third-order valence-electron chi connectivity index (χ3n) is 5.18. The summed E-state index contributed by atoms with van der Waals surface area (Å²) in [7, 11) is -3.76. The third kappa shape index (κ3) is 4.37. The number of anilines is 1. The van der Waals surface area contributed by atoms with Crippen molar-refractivity contribution in [3.63, 3.8) is 0 Å².